The second kappa shape index (κ2) is 9.27. The number of nitrogens with one attached hydrogen (secondary N) is 1. The van der Waals surface area contributed by atoms with E-state index in [-0.39, 0.29) is 5.88 Å². The average molecular weight is 465 g/mol. The summed E-state index contributed by atoms with van der Waals surface area (Å²) in [6.07, 6.45) is 0. The summed E-state index contributed by atoms with van der Waals surface area (Å²) in [4.78, 5) is 0. The van der Waals surface area contributed by atoms with Gasteiger partial charge in [-0.3, -0.25) is 5.10 Å². The predicted octanol–water partition coefficient (Wildman–Crippen LogP) is 5.19. The molecule has 0 saturated carbocycles. The van der Waals surface area contributed by atoms with E-state index in [2.05, 4.69) is 35.3 Å². The maximum absolute atomic E-state index is 9.93. The number of hydrogen-bond acceptors (Lipinski definition) is 6. The summed E-state index contributed by atoms with van der Waals surface area (Å²) in [5, 5.41) is 17.3. The van der Waals surface area contributed by atoms with Crippen molar-refractivity contribution in [3.05, 3.63) is 107 Å². The summed E-state index contributed by atoms with van der Waals surface area (Å²) >= 11 is 0. The van der Waals surface area contributed by atoms with E-state index in [4.69, 9.17) is 19.9 Å². The lowest BCUT2D eigenvalue weighted by molar-refractivity contribution is 0.306. The topological polar surface area (TPSA) is 106 Å². The minimum atomic E-state index is -0.439. The summed E-state index contributed by atoms with van der Waals surface area (Å²) in [5.41, 5.74) is 12.0. The summed E-state index contributed by atoms with van der Waals surface area (Å²) in [6, 6.07) is 25.7. The maximum Gasteiger partial charge on any atom is 0.244 e. The highest BCUT2D eigenvalue weighted by molar-refractivity contribution is 5.71. The molecule has 1 aromatic heterocycles. The quantitative estimate of drug-likeness (QED) is 0.407. The van der Waals surface area contributed by atoms with Crippen LogP contribution < -0.4 is 19.9 Å². The number of aromatic nitrogens is 2. The second-order valence-corrected chi connectivity index (χ2v) is 8.32. The molecule has 5 rings (SSSR count). The first kappa shape index (κ1) is 22.1. The van der Waals surface area contributed by atoms with Gasteiger partial charge in [-0.05, 0) is 54.4 Å². The molecule has 1 aliphatic rings. The molecule has 3 N–H and O–H groups in total. The van der Waals surface area contributed by atoms with E-state index in [9.17, 15) is 5.26 Å². The van der Waals surface area contributed by atoms with Crippen LogP contribution in [0.3, 0.4) is 0 Å². The molecule has 1 unspecified atom stereocenters. The molecule has 35 heavy (non-hydrogen) atoms. The van der Waals surface area contributed by atoms with Crippen molar-refractivity contribution >= 4 is 0 Å². The first-order valence-corrected chi connectivity index (χ1v) is 11.2. The zero-order chi connectivity index (χ0) is 24.4. The Hall–Kier alpha value is -4.70. The van der Waals surface area contributed by atoms with Crippen LogP contribution in [0.2, 0.25) is 0 Å². The molecule has 0 fully saturated rings. The molecule has 0 bridgehead atoms. The third kappa shape index (κ3) is 4.30. The Bertz CT molecular complexity index is 1430. The van der Waals surface area contributed by atoms with Gasteiger partial charge in [0.15, 0.2) is 0 Å². The number of benzene rings is 3. The number of nitriles is 1. The number of hydrogen-bond donors (Lipinski definition) is 2. The van der Waals surface area contributed by atoms with Gasteiger partial charge in [0.05, 0.1) is 24.3 Å². The van der Waals surface area contributed by atoms with Gasteiger partial charge in [-0.15, -0.1) is 5.10 Å². The maximum atomic E-state index is 9.93. The molecule has 0 aliphatic carbocycles. The third-order valence-electron chi connectivity index (χ3n) is 6.02. The number of ether oxygens (including phenoxy) is 3. The molecule has 0 saturated heterocycles. The van der Waals surface area contributed by atoms with Crippen LogP contribution in [-0.4, -0.2) is 17.3 Å². The van der Waals surface area contributed by atoms with Gasteiger partial charge in [0.25, 0.3) is 0 Å². The molecule has 4 aromatic rings. The smallest absolute Gasteiger partial charge is 0.244 e. The van der Waals surface area contributed by atoms with Crippen LogP contribution in [0.25, 0.3) is 11.3 Å². The number of H-pyrrole nitrogens is 1. The van der Waals surface area contributed by atoms with Crippen molar-refractivity contribution in [3.8, 4) is 34.7 Å². The van der Waals surface area contributed by atoms with Gasteiger partial charge in [-0.2, -0.15) is 5.26 Å². The van der Waals surface area contributed by atoms with Crippen molar-refractivity contribution in [2.75, 3.05) is 7.11 Å². The normalized spacial score (nSPS) is 14.6. The van der Waals surface area contributed by atoms with Crippen LogP contribution in [0.15, 0.2) is 84.3 Å². The largest absolute Gasteiger partial charge is 0.497 e. The van der Waals surface area contributed by atoms with Crippen molar-refractivity contribution in [2.45, 2.75) is 19.4 Å². The third-order valence-corrected chi connectivity index (χ3v) is 6.02. The highest BCUT2D eigenvalue weighted by Gasteiger charge is 2.35. The molecule has 2 heterocycles. The van der Waals surface area contributed by atoms with Gasteiger partial charge in [-0.25, -0.2) is 0 Å². The van der Waals surface area contributed by atoms with Crippen molar-refractivity contribution in [2.24, 2.45) is 5.73 Å². The highest BCUT2D eigenvalue weighted by atomic mass is 16.5. The lowest BCUT2D eigenvalue weighted by atomic mass is 9.83. The molecule has 7 heteroatoms. The van der Waals surface area contributed by atoms with Crippen LogP contribution in [0, 0.1) is 18.3 Å². The molecule has 174 valence electrons. The van der Waals surface area contributed by atoms with Crippen molar-refractivity contribution in [1.29, 1.82) is 5.26 Å². The molecular weight excluding hydrogens is 440 g/mol. The first-order chi connectivity index (χ1) is 17.1. The highest BCUT2D eigenvalue weighted by Crippen LogP contribution is 2.45. The van der Waals surface area contributed by atoms with E-state index in [0.717, 1.165) is 39.4 Å². The number of allylic oxidation sites excluding steroid dienone is 1. The Balaban J connectivity index is 1.48. The molecule has 1 aliphatic heterocycles. The minimum Gasteiger partial charge on any atom is -0.497 e. The van der Waals surface area contributed by atoms with Gasteiger partial charge in [0.2, 0.25) is 11.8 Å². The van der Waals surface area contributed by atoms with E-state index < -0.39 is 5.92 Å². The summed E-state index contributed by atoms with van der Waals surface area (Å²) in [7, 11) is 1.62. The van der Waals surface area contributed by atoms with Gasteiger partial charge in [0, 0.05) is 5.56 Å². The standard InChI is InChI=1S/C28H24N4O3/c1-17-4-3-5-18(14-17)16-34-22-12-6-19(7-13-22)24-23(15-29)27(30)35-28-25(24)26(31-32-28)20-8-10-21(33-2)11-9-20/h3-14,24H,16,30H2,1-2H3,(H,31,32). The van der Waals surface area contributed by atoms with Gasteiger partial charge in [0.1, 0.15) is 29.7 Å². The van der Waals surface area contributed by atoms with E-state index >= 15 is 0 Å². The van der Waals surface area contributed by atoms with Gasteiger partial charge in [-0.1, -0.05) is 42.0 Å². The lowest BCUT2D eigenvalue weighted by Crippen LogP contribution is -2.21. The number of methoxy groups -OCH3 is 1. The Morgan fingerprint density at radius 2 is 1.80 bits per heavy atom. The molecule has 0 spiro atoms. The monoisotopic (exact) mass is 464 g/mol. The fourth-order valence-electron chi connectivity index (χ4n) is 4.28. The van der Waals surface area contributed by atoms with E-state index in [1.807, 2.05) is 60.7 Å². The number of nitrogens with two attached hydrogens (primary N) is 1. The number of rotatable bonds is 6. The zero-order valence-electron chi connectivity index (χ0n) is 19.4. The summed E-state index contributed by atoms with van der Waals surface area (Å²) < 4.78 is 16.9. The SMILES string of the molecule is COc1ccc(-c2[nH]nc3c2C(c2ccc(OCc4cccc(C)c4)cc2)C(C#N)=C(N)O3)cc1. The molecular formula is C28H24N4O3. The fraction of sp³-hybridized carbons (Fsp3) is 0.143. The molecule has 0 radical (unpaired) electrons. The Labute approximate surface area is 203 Å². The van der Waals surface area contributed by atoms with Crippen molar-refractivity contribution in [1.82, 2.24) is 10.2 Å². The van der Waals surface area contributed by atoms with E-state index in [1.165, 1.54) is 5.56 Å². The van der Waals surface area contributed by atoms with Gasteiger partial charge < -0.3 is 19.9 Å². The van der Waals surface area contributed by atoms with Crippen LogP contribution >= 0.6 is 0 Å². The predicted molar refractivity (Wildman–Crippen MR) is 132 cm³/mol. The lowest BCUT2D eigenvalue weighted by Gasteiger charge is -2.24. The number of fused-ring (bicyclic) bond motifs is 1. The van der Waals surface area contributed by atoms with Crippen LogP contribution in [0.1, 0.15) is 28.2 Å². The Morgan fingerprint density at radius 3 is 2.49 bits per heavy atom. The van der Waals surface area contributed by atoms with E-state index in [1.54, 1.807) is 7.11 Å². The summed E-state index contributed by atoms with van der Waals surface area (Å²) in [6.45, 7) is 2.53. The van der Waals surface area contributed by atoms with Crippen LogP contribution in [-0.2, 0) is 6.61 Å². The van der Waals surface area contributed by atoms with Crippen LogP contribution in [0.5, 0.6) is 17.4 Å². The van der Waals surface area contributed by atoms with Crippen molar-refractivity contribution in [3.63, 3.8) is 0 Å². The van der Waals surface area contributed by atoms with Crippen LogP contribution in [0.4, 0.5) is 0 Å². The molecule has 1 atom stereocenters. The molecule has 3 aromatic carbocycles. The second-order valence-electron chi connectivity index (χ2n) is 8.32. The van der Waals surface area contributed by atoms with Gasteiger partial charge >= 0.3 is 0 Å². The average Bonchev–Trinajstić information content (AvgIpc) is 3.30. The first-order valence-electron chi connectivity index (χ1n) is 11.2. The number of nitrogens with zero attached hydrogens (tertiary/aromatic N) is 2. The minimum absolute atomic E-state index is 0.0533. The summed E-state index contributed by atoms with van der Waals surface area (Å²) in [5.74, 6) is 1.46. The fourth-order valence-corrected chi connectivity index (χ4v) is 4.28. The zero-order valence-corrected chi connectivity index (χ0v) is 19.4. The Morgan fingerprint density at radius 1 is 1.06 bits per heavy atom. The Kier molecular flexibility index (Phi) is 5.86. The number of aromatic amines is 1. The number of aryl methyl sites for hydroxylation is 1. The van der Waals surface area contributed by atoms with Crippen molar-refractivity contribution < 1.29 is 14.2 Å². The van der Waals surface area contributed by atoms with E-state index in [0.29, 0.717) is 18.1 Å². The molecule has 7 nitrogen and oxygen atoms in total. The molecule has 0 amide bonds.